The van der Waals surface area contributed by atoms with Crippen molar-refractivity contribution in [3.63, 3.8) is 0 Å². The first-order valence-corrected chi connectivity index (χ1v) is 4.61. The maximum Gasteiger partial charge on any atom is 0.311 e. The van der Waals surface area contributed by atoms with Crippen LogP contribution < -0.4 is 0 Å². The smallest absolute Gasteiger partial charge is 0.311 e. The molecule has 1 N–H and O–H groups in total. The van der Waals surface area contributed by atoms with Gasteiger partial charge in [0.25, 0.3) is 0 Å². The minimum Gasteiger partial charge on any atom is -0.469 e. The van der Waals surface area contributed by atoms with E-state index in [1.165, 1.54) is 13.4 Å². The minimum atomic E-state index is -0.370. The van der Waals surface area contributed by atoms with E-state index in [9.17, 15) is 4.79 Å². The Morgan fingerprint density at radius 1 is 1.60 bits per heavy atom. The molecule has 2 aromatic heterocycles. The summed E-state index contributed by atoms with van der Waals surface area (Å²) in [5.41, 5.74) is 1.64. The fourth-order valence-corrected chi connectivity index (χ4v) is 1.44. The summed E-state index contributed by atoms with van der Waals surface area (Å²) in [6, 6.07) is 0. The average molecular weight is 224 g/mol. The summed E-state index contributed by atoms with van der Waals surface area (Å²) in [6.45, 7) is 0. The summed E-state index contributed by atoms with van der Waals surface area (Å²) in [5.74, 6) is -0.370. The Balaban J connectivity index is 2.48. The number of aromatic nitrogens is 4. The van der Waals surface area contributed by atoms with E-state index < -0.39 is 0 Å². The van der Waals surface area contributed by atoms with Crippen LogP contribution in [-0.4, -0.2) is 33.0 Å². The Labute approximate surface area is 90.5 Å². The normalized spacial score (nSPS) is 10.5. The summed E-state index contributed by atoms with van der Waals surface area (Å²) >= 11 is 4.03. The minimum absolute atomic E-state index is 0.0634. The van der Waals surface area contributed by atoms with Gasteiger partial charge in [0.05, 0.1) is 25.6 Å². The zero-order chi connectivity index (χ0) is 10.8. The van der Waals surface area contributed by atoms with E-state index in [0.29, 0.717) is 22.0 Å². The molecule has 15 heavy (non-hydrogen) atoms. The number of fused-ring (bicyclic) bond motifs is 1. The fourth-order valence-electron chi connectivity index (χ4n) is 1.21. The van der Waals surface area contributed by atoms with E-state index in [4.69, 9.17) is 0 Å². The second-order valence-corrected chi connectivity index (χ2v) is 3.22. The molecule has 0 aliphatic heterocycles. The van der Waals surface area contributed by atoms with Crippen LogP contribution in [0.1, 0.15) is 5.69 Å². The van der Waals surface area contributed by atoms with Crippen molar-refractivity contribution in [2.24, 2.45) is 0 Å². The summed E-state index contributed by atoms with van der Waals surface area (Å²) in [5, 5.41) is 0.297. The van der Waals surface area contributed by atoms with E-state index in [-0.39, 0.29) is 12.4 Å². The molecule has 6 nitrogen and oxygen atoms in total. The standard InChI is InChI=1S/C8H8N4O2S/c1-14-5(13)2-4-6-7(10-3-9-6)12-8(15)11-4/h3H,2H2,1H3,(H2,9,10,11,12,15). The number of H-pyrrole nitrogens is 1. The third-order valence-corrected chi connectivity index (χ3v) is 2.08. The number of methoxy groups -OCH3 is 1. The maximum absolute atomic E-state index is 11.1. The molecule has 0 amide bonds. The van der Waals surface area contributed by atoms with Crippen LogP contribution in [0, 0.1) is 0 Å². The Kier molecular flexibility index (Phi) is 2.55. The molecule has 0 aliphatic carbocycles. The molecule has 78 valence electrons. The van der Waals surface area contributed by atoms with Gasteiger partial charge in [-0.1, -0.05) is 0 Å². The average Bonchev–Trinajstić information content (AvgIpc) is 2.65. The largest absolute Gasteiger partial charge is 0.469 e. The van der Waals surface area contributed by atoms with Gasteiger partial charge < -0.3 is 9.72 Å². The van der Waals surface area contributed by atoms with Gasteiger partial charge >= 0.3 is 5.97 Å². The van der Waals surface area contributed by atoms with Gasteiger partial charge in [0.1, 0.15) is 5.52 Å². The van der Waals surface area contributed by atoms with Gasteiger partial charge in [-0.25, -0.2) is 15.0 Å². The molecule has 2 aromatic rings. The SMILES string of the molecule is COC(=O)Cc1nc(S)nc2[nH]cnc12. The van der Waals surface area contributed by atoms with Crippen LogP contribution in [0.3, 0.4) is 0 Å². The molecular weight excluding hydrogens is 216 g/mol. The van der Waals surface area contributed by atoms with Crippen molar-refractivity contribution >= 4 is 29.8 Å². The zero-order valence-electron chi connectivity index (χ0n) is 7.89. The second-order valence-electron chi connectivity index (χ2n) is 2.82. The second kappa shape index (κ2) is 3.85. The summed E-state index contributed by atoms with van der Waals surface area (Å²) < 4.78 is 4.56. The first-order valence-electron chi connectivity index (χ1n) is 4.16. The molecule has 0 spiro atoms. The lowest BCUT2D eigenvalue weighted by atomic mass is 10.3. The Morgan fingerprint density at radius 2 is 2.40 bits per heavy atom. The number of aromatic amines is 1. The molecule has 2 rings (SSSR count). The van der Waals surface area contributed by atoms with E-state index in [2.05, 4.69) is 37.3 Å². The van der Waals surface area contributed by atoms with E-state index in [1.807, 2.05) is 0 Å². The first kappa shape index (κ1) is 9.91. The van der Waals surface area contributed by atoms with Crippen LogP contribution >= 0.6 is 12.6 Å². The van der Waals surface area contributed by atoms with Crippen LogP contribution in [0.25, 0.3) is 11.2 Å². The van der Waals surface area contributed by atoms with Gasteiger partial charge in [-0.05, 0) is 0 Å². The lowest BCUT2D eigenvalue weighted by molar-refractivity contribution is -0.139. The molecule has 0 atom stereocenters. The van der Waals surface area contributed by atoms with E-state index >= 15 is 0 Å². The highest BCUT2D eigenvalue weighted by Crippen LogP contribution is 2.13. The third kappa shape index (κ3) is 1.91. The Bertz CT molecular complexity index is 510. The van der Waals surface area contributed by atoms with Crippen molar-refractivity contribution in [1.82, 2.24) is 19.9 Å². The third-order valence-electron chi connectivity index (χ3n) is 1.88. The molecule has 0 aliphatic rings. The molecule has 0 fully saturated rings. The lowest BCUT2D eigenvalue weighted by Gasteiger charge is -2.00. The number of esters is 1. The summed E-state index contributed by atoms with van der Waals surface area (Å²) in [6.07, 6.45) is 1.56. The Morgan fingerprint density at radius 3 is 3.13 bits per heavy atom. The van der Waals surface area contributed by atoms with Crippen LogP contribution in [-0.2, 0) is 16.0 Å². The van der Waals surface area contributed by atoms with Crippen molar-refractivity contribution in [2.75, 3.05) is 7.11 Å². The summed E-state index contributed by atoms with van der Waals surface area (Å²) in [4.78, 5) is 26.0. The van der Waals surface area contributed by atoms with Crippen LogP contribution in [0.2, 0.25) is 0 Å². The van der Waals surface area contributed by atoms with Crippen molar-refractivity contribution in [1.29, 1.82) is 0 Å². The summed E-state index contributed by atoms with van der Waals surface area (Å²) in [7, 11) is 1.33. The molecule has 7 heteroatoms. The van der Waals surface area contributed by atoms with Gasteiger partial charge in [0.2, 0.25) is 0 Å². The van der Waals surface area contributed by atoms with Gasteiger partial charge in [-0.2, -0.15) is 0 Å². The van der Waals surface area contributed by atoms with Crippen molar-refractivity contribution in [2.45, 2.75) is 11.6 Å². The van der Waals surface area contributed by atoms with E-state index in [0.717, 1.165) is 0 Å². The maximum atomic E-state index is 11.1. The molecular formula is C8H8N4O2S. The van der Waals surface area contributed by atoms with E-state index in [1.54, 1.807) is 0 Å². The van der Waals surface area contributed by atoms with Gasteiger partial charge in [-0.3, -0.25) is 4.79 Å². The predicted molar refractivity (Wildman–Crippen MR) is 54.7 cm³/mol. The molecule has 0 saturated heterocycles. The highest BCUT2D eigenvalue weighted by molar-refractivity contribution is 7.80. The Hall–Kier alpha value is -1.63. The highest BCUT2D eigenvalue weighted by atomic mass is 32.1. The van der Waals surface area contributed by atoms with Crippen molar-refractivity contribution in [3.8, 4) is 0 Å². The quantitative estimate of drug-likeness (QED) is 0.437. The van der Waals surface area contributed by atoms with Gasteiger partial charge in [0, 0.05) is 0 Å². The number of thiol groups is 1. The molecule has 0 saturated carbocycles. The number of hydrogen-bond acceptors (Lipinski definition) is 6. The number of carbonyl (C=O) groups excluding carboxylic acids is 1. The van der Waals surface area contributed by atoms with Crippen molar-refractivity contribution in [3.05, 3.63) is 12.0 Å². The monoisotopic (exact) mass is 224 g/mol. The van der Waals surface area contributed by atoms with Gasteiger partial charge in [0.15, 0.2) is 10.8 Å². The molecule has 0 unspecified atom stereocenters. The topological polar surface area (TPSA) is 80.8 Å². The number of nitrogens with one attached hydrogen (secondary N) is 1. The van der Waals surface area contributed by atoms with Crippen LogP contribution in [0.4, 0.5) is 0 Å². The number of ether oxygens (including phenoxy) is 1. The first-order chi connectivity index (χ1) is 7.20. The number of hydrogen-bond donors (Lipinski definition) is 2. The predicted octanol–water partition coefficient (Wildman–Crippen LogP) is 0.357. The molecule has 0 bridgehead atoms. The zero-order valence-corrected chi connectivity index (χ0v) is 8.78. The highest BCUT2D eigenvalue weighted by Gasteiger charge is 2.12. The number of imidazole rings is 1. The van der Waals surface area contributed by atoms with Crippen LogP contribution in [0.15, 0.2) is 11.5 Å². The molecule has 0 radical (unpaired) electrons. The molecule has 0 aromatic carbocycles. The molecule has 2 heterocycles. The number of carbonyl (C=O) groups is 1. The lowest BCUT2D eigenvalue weighted by Crippen LogP contribution is -2.07. The van der Waals surface area contributed by atoms with Crippen molar-refractivity contribution < 1.29 is 9.53 Å². The number of rotatable bonds is 2. The number of nitrogens with zero attached hydrogens (tertiary/aromatic N) is 3. The van der Waals surface area contributed by atoms with Gasteiger partial charge in [-0.15, -0.1) is 12.6 Å². The fraction of sp³-hybridized carbons (Fsp3) is 0.250. The van der Waals surface area contributed by atoms with Crippen LogP contribution in [0.5, 0.6) is 0 Å².